The summed E-state index contributed by atoms with van der Waals surface area (Å²) in [5, 5.41) is 1.17. The van der Waals surface area contributed by atoms with Crippen LogP contribution in [0.25, 0.3) is 11.8 Å². The molecule has 0 amide bonds. The van der Waals surface area contributed by atoms with Gasteiger partial charge in [-0.15, -0.1) is 0 Å². The molecule has 1 aromatic rings. The highest BCUT2D eigenvalue weighted by atomic mass is 16.5. The van der Waals surface area contributed by atoms with E-state index in [0.29, 0.717) is 5.92 Å². The van der Waals surface area contributed by atoms with Gasteiger partial charge in [0.15, 0.2) is 0 Å². The molecule has 0 radical (unpaired) electrons. The van der Waals surface area contributed by atoms with Crippen molar-refractivity contribution in [2.75, 3.05) is 6.61 Å². The molecule has 3 rings (SSSR count). The van der Waals surface area contributed by atoms with Crippen molar-refractivity contribution in [2.45, 2.75) is 12.8 Å². The van der Waals surface area contributed by atoms with Crippen molar-refractivity contribution in [1.29, 1.82) is 0 Å². The van der Waals surface area contributed by atoms with Crippen LogP contribution < -0.4 is 10.6 Å². The highest BCUT2D eigenvalue weighted by Gasteiger charge is 2.25. The van der Waals surface area contributed by atoms with Gasteiger partial charge in [-0.3, -0.25) is 0 Å². The number of hydrogen-bond acceptors (Lipinski definition) is 2. The fourth-order valence-electron chi connectivity index (χ4n) is 2.01. The zero-order valence-corrected chi connectivity index (χ0v) is 6.75. The number of fused-ring (bicyclic) bond motifs is 2. The summed E-state index contributed by atoms with van der Waals surface area (Å²) in [6, 6.07) is 2.00. The average molecular weight is 162 g/mol. The Hall–Kier alpha value is -1.18. The van der Waals surface area contributed by atoms with Crippen LogP contribution in [0.3, 0.4) is 0 Å². The van der Waals surface area contributed by atoms with Crippen molar-refractivity contribution < 1.29 is 9.15 Å². The molecule has 1 aliphatic heterocycles. The summed E-state index contributed by atoms with van der Waals surface area (Å²) in [5.74, 6) is 1.77. The molecular formula is C10H10O2. The van der Waals surface area contributed by atoms with Crippen LogP contribution in [0.2, 0.25) is 0 Å². The number of rotatable bonds is 0. The maximum absolute atomic E-state index is 5.58. The van der Waals surface area contributed by atoms with Gasteiger partial charge < -0.3 is 9.15 Å². The summed E-state index contributed by atoms with van der Waals surface area (Å²) in [7, 11) is 0. The molecule has 2 nitrogen and oxygen atoms in total. The molecule has 0 N–H and O–H groups in total. The Labute approximate surface area is 70.1 Å². The second kappa shape index (κ2) is 2.16. The first-order chi connectivity index (χ1) is 5.95. The maximum Gasteiger partial charge on any atom is 0.133 e. The third-order valence-electron chi connectivity index (χ3n) is 2.64. The quantitative estimate of drug-likeness (QED) is 0.557. The molecule has 0 saturated carbocycles. The van der Waals surface area contributed by atoms with Crippen LogP contribution in [-0.2, 0) is 4.74 Å². The summed E-state index contributed by atoms with van der Waals surface area (Å²) in [5.41, 5.74) is 0.989. The van der Waals surface area contributed by atoms with Gasteiger partial charge >= 0.3 is 0 Å². The smallest absolute Gasteiger partial charge is 0.133 e. The summed E-state index contributed by atoms with van der Waals surface area (Å²) >= 11 is 0. The predicted molar refractivity (Wildman–Crippen MR) is 44.5 cm³/mol. The molecule has 0 spiro atoms. The standard InChI is InChI=1S/C10H10O2/c1-2-9-8(4-6-11-9)10-7(1)3-5-12-10/h2,4,6-7H,1,3,5H2. The van der Waals surface area contributed by atoms with Gasteiger partial charge in [-0.05, 0) is 25.0 Å². The van der Waals surface area contributed by atoms with E-state index in [9.17, 15) is 0 Å². The van der Waals surface area contributed by atoms with Crippen LogP contribution in [0.4, 0.5) is 0 Å². The van der Waals surface area contributed by atoms with E-state index in [1.807, 2.05) is 6.07 Å². The molecule has 1 aromatic heterocycles. The molecule has 2 aliphatic rings. The van der Waals surface area contributed by atoms with Gasteiger partial charge in [0, 0.05) is 5.92 Å². The van der Waals surface area contributed by atoms with Crippen LogP contribution in [-0.4, -0.2) is 6.61 Å². The van der Waals surface area contributed by atoms with Gasteiger partial charge in [0.25, 0.3) is 0 Å². The second-order valence-electron chi connectivity index (χ2n) is 3.34. The van der Waals surface area contributed by atoms with Crippen LogP contribution in [0.1, 0.15) is 12.8 Å². The van der Waals surface area contributed by atoms with Crippen molar-refractivity contribution in [3.05, 3.63) is 23.0 Å². The number of furan rings is 1. The molecule has 0 bridgehead atoms. The van der Waals surface area contributed by atoms with Gasteiger partial charge in [-0.1, -0.05) is 0 Å². The Balaban J connectivity index is 2.39. The molecule has 1 unspecified atom stereocenters. The first-order valence-corrected chi connectivity index (χ1v) is 4.36. The molecule has 1 atom stereocenters. The number of ether oxygens (including phenoxy) is 1. The van der Waals surface area contributed by atoms with Crippen LogP contribution in [0, 0.1) is 5.92 Å². The molecular weight excluding hydrogens is 152 g/mol. The van der Waals surface area contributed by atoms with Crippen LogP contribution >= 0.6 is 0 Å². The molecule has 62 valence electrons. The van der Waals surface area contributed by atoms with Gasteiger partial charge in [0.2, 0.25) is 0 Å². The molecule has 0 aromatic carbocycles. The summed E-state index contributed by atoms with van der Waals surface area (Å²) in [4.78, 5) is 0. The van der Waals surface area contributed by atoms with E-state index in [1.54, 1.807) is 6.26 Å². The lowest BCUT2D eigenvalue weighted by molar-refractivity contribution is 0.314. The van der Waals surface area contributed by atoms with Gasteiger partial charge in [0.05, 0.1) is 18.1 Å². The van der Waals surface area contributed by atoms with Gasteiger partial charge in [-0.25, -0.2) is 0 Å². The highest BCUT2D eigenvalue weighted by Crippen LogP contribution is 2.29. The van der Waals surface area contributed by atoms with Crippen molar-refractivity contribution in [3.63, 3.8) is 0 Å². The second-order valence-corrected chi connectivity index (χ2v) is 3.34. The topological polar surface area (TPSA) is 22.4 Å². The first-order valence-electron chi connectivity index (χ1n) is 4.36. The molecule has 1 fully saturated rings. The third-order valence-corrected chi connectivity index (χ3v) is 2.64. The summed E-state index contributed by atoms with van der Waals surface area (Å²) < 4.78 is 10.9. The molecule has 12 heavy (non-hydrogen) atoms. The molecule has 2 heterocycles. The van der Waals surface area contributed by atoms with Crippen molar-refractivity contribution >= 4 is 11.8 Å². The number of hydrogen-bond donors (Lipinski definition) is 0. The van der Waals surface area contributed by atoms with Gasteiger partial charge in [-0.2, -0.15) is 0 Å². The Morgan fingerprint density at radius 3 is 3.42 bits per heavy atom. The Morgan fingerprint density at radius 1 is 1.42 bits per heavy atom. The summed E-state index contributed by atoms with van der Waals surface area (Å²) in [6.07, 6.45) is 6.14. The largest absolute Gasteiger partial charge is 0.497 e. The Morgan fingerprint density at radius 2 is 2.42 bits per heavy atom. The van der Waals surface area contributed by atoms with E-state index >= 15 is 0 Å². The fourth-order valence-corrected chi connectivity index (χ4v) is 2.01. The van der Waals surface area contributed by atoms with Crippen LogP contribution in [0.15, 0.2) is 16.7 Å². The first kappa shape index (κ1) is 6.35. The van der Waals surface area contributed by atoms with E-state index in [1.165, 1.54) is 5.22 Å². The molecule has 1 saturated heterocycles. The average Bonchev–Trinajstić information content (AvgIpc) is 2.71. The minimum atomic E-state index is 0.620. The maximum atomic E-state index is 5.58. The fraction of sp³-hybridized carbons (Fsp3) is 0.400. The van der Waals surface area contributed by atoms with Crippen molar-refractivity contribution in [2.24, 2.45) is 5.92 Å². The van der Waals surface area contributed by atoms with Crippen LogP contribution in [0.5, 0.6) is 0 Å². The zero-order chi connectivity index (χ0) is 7.97. The SMILES string of the molecule is C1=c2occc2=C2OCCC2C1. The van der Waals surface area contributed by atoms with E-state index in [-0.39, 0.29) is 0 Å². The minimum absolute atomic E-state index is 0.620. The Kier molecular flexibility index (Phi) is 1.14. The minimum Gasteiger partial charge on any atom is -0.497 e. The van der Waals surface area contributed by atoms with E-state index < -0.39 is 0 Å². The zero-order valence-electron chi connectivity index (χ0n) is 6.75. The normalized spacial score (nSPS) is 25.7. The van der Waals surface area contributed by atoms with Crippen molar-refractivity contribution in [1.82, 2.24) is 0 Å². The van der Waals surface area contributed by atoms with Gasteiger partial charge in [0.1, 0.15) is 11.2 Å². The van der Waals surface area contributed by atoms with Crippen molar-refractivity contribution in [3.8, 4) is 0 Å². The lowest BCUT2D eigenvalue weighted by Crippen LogP contribution is -2.28. The Bertz CT molecular complexity index is 413. The lowest BCUT2D eigenvalue weighted by atomic mass is 9.97. The molecule has 2 heteroatoms. The summed E-state index contributed by atoms with van der Waals surface area (Å²) in [6.45, 7) is 0.873. The van der Waals surface area contributed by atoms with E-state index in [4.69, 9.17) is 9.15 Å². The van der Waals surface area contributed by atoms with E-state index in [2.05, 4.69) is 6.08 Å². The lowest BCUT2D eigenvalue weighted by Gasteiger charge is -2.08. The molecule has 1 aliphatic carbocycles. The monoisotopic (exact) mass is 162 g/mol. The third kappa shape index (κ3) is 0.697. The predicted octanol–water partition coefficient (Wildman–Crippen LogP) is 0.609. The van der Waals surface area contributed by atoms with E-state index in [0.717, 1.165) is 30.6 Å². The highest BCUT2D eigenvalue weighted by molar-refractivity contribution is 5.48.